The number of ether oxygens (including phenoxy) is 1. The van der Waals surface area contributed by atoms with Gasteiger partial charge in [0, 0.05) is 18.9 Å². The highest BCUT2D eigenvalue weighted by atomic mass is 35.5. The minimum absolute atomic E-state index is 0.000751. The zero-order chi connectivity index (χ0) is 13.7. The molecule has 0 saturated heterocycles. The van der Waals surface area contributed by atoms with Gasteiger partial charge in [-0.1, -0.05) is 11.6 Å². The Hall–Kier alpha value is -1.70. The van der Waals surface area contributed by atoms with Crippen molar-refractivity contribution in [2.24, 2.45) is 5.73 Å². The first kappa shape index (κ1) is 14.4. The van der Waals surface area contributed by atoms with E-state index in [1.165, 1.54) is 25.3 Å². The lowest BCUT2D eigenvalue weighted by molar-refractivity contribution is -0.384. The van der Waals surface area contributed by atoms with E-state index in [1.807, 2.05) is 0 Å². The van der Waals surface area contributed by atoms with Crippen molar-refractivity contribution in [2.45, 2.75) is 6.04 Å². The number of nitrogens with zero attached hydrogens (tertiary/aromatic N) is 1. The summed E-state index contributed by atoms with van der Waals surface area (Å²) in [5, 5.41) is 13.1. The molecule has 8 heteroatoms. The first-order chi connectivity index (χ1) is 8.45. The molecule has 0 aliphatic carbocycles. The monoisotopic (exact) mass is 273 g/mol. The van der Waals surface area contributed by atoms with Gasteiger partial charge in [0.2, 0.25) is 5.91 Å². The largest absolute Gasteiger partial charge is 0.383 e. The second-order valence-electron chi connectivity index (χ2n) is 3.47. The number of amides is 1. The fraction of sp³-hybridized carbons (Fsp3) is 0.300. The van der Waals surface area contributed by atoms with E-state index < -0.39 is 16.9 Å². The molecule has 7 nitrogen and oxygen atoms in total. The minimum Gasteiger partial charge on any atom is -0.383 e. The van der Waals surface area contributed by atoms with Gasteiger partial charge in [0.25, 0.3) is 5.69 Å². The van der Waals surface area contributed by atoms with Crippen LogP contribution in [-0.2, 0) is 9.53 Å². The molecule has 0 saturated carbocycles. The number of methoxy groups -OCH3 is 1. The summed E-state index contributed by atoms with van der Waals surface area (Å²) in [4.78, 5) is 21.6. The molecule has 0 aliphatic heterocycles. The normalized spacial score (nSPS) is 11.9. The number of benzene rings is 1. The standard InChI is InChI=1S/C10H12ClN3O4/c1-18-5-8(12)10(15)13-6-2-3-7(11)9(4-6)14(16)17/h2-4,8H,5,12H2,1H3,(H,13,15). The number of nitro benzene ring substituents is 1. The highest BCUT2D eigenvalue weighted by Crippen LogP contribution is 2.27. The van der Waals surface area contributed by atoms with Gasteiger partial charge in [0.15, 0.2) is 0 Å². The Balaban J connectivity index is 2.82. The summed E-state index contributed by atoms with van der Waals surface area (Å²) in [5.74, 6) is -0.492. The number of hydrogen-bond acceptors (Lipinski definition) is 5. The minimum atomic E-state index is -0.843. The number of carbonyl (C=O) groups excluding carboxylic acids is 1. The predicted octanol–water partition coefficient (Wildman–Crippen LogP) is 1.16. The Morgan fingerprint density at radius 3 is 2.89 bits per heavy atom. The summed E-state index contributed by atoms with van der Waals surface area (Å²) in [6.45, 7) is 0.0571. The zero-order valence-corrected chi connectivity index (χ0v) is 10.3. The van der Waals surface area contributed by atoms with Gasteiger partial charge in [0.1, 0.15) is 11.1 Å². The molecule has 0 spiro atoms. The van der Waals surface area contributed by atoms with Gasteiger partial charge in [-0.05, 0) is 12.1 Å². The fourth-order valence-electron chi connectivity index (χ4n) is 1.22. The number of carbonyl (C=O) groups is 1. The molecule has 1 atom stereocenters. The second kappa shape index (κ2) is 6.29. The topological polar surface area (TPSA) is 107 Å². The number of nitrogens with two attached hydrogens (primary N) is 1. The number of rotatable bonds is 5. The van der Waals surface area contributed by atoms with Crippen LogP contribution in [-0.4, -0.2) is 30.6 Å². The molecule has 1 aromatic rings. The summed E-state index contributed by atoms with van der Waals surface area (Å²) in [6.07, 6.45) is 0. The molecule has 1 unspecified atom stereocenters. The zero-order valence-electron chi connectivity index (χ0n) is 9.55. The van der Waals surface area contributed by atoms with Crippen LogP contribution in [0, 0.1) is 10.1 Å². The van der Waals surface area contributed by atoms with E-state index in [0.717, 1.165) is 0 Å². The van der Waals surface area contributed by atoms with E-state index in [9.17, 15) is 14.9 Å². The molecule has 0 fully saturated rings. The van der Waals surface area contributed by atoms with Crippen molar-refractivity contribution in [2.75, 3.05) is 19.0 Å². The average Bonchev–Trinajstić information content (AvgIpc) is 2.31. The van der Waals surface area contributed by atoms with Crippen molar-refractivity contribution in [3.8, 4) is 0 Å². The van der Waals surface area contributed by atoms with Crippen LogP contribution in [0.4, 0.5) is 11.4 Å². The lowest BCUT2D eigenvalue weighted by atomic mass is 10.2. The average molecular weight is 274 g/mol. The Bertz CT molecular complexity index is 466. The first-order valence-electron chi connectivity index (χ1n) is 4.95. The highest BCUT2D eigenvalue weighted by molar-refractivity contribution is 6.32. The summed E-state index contributed by atoms with van der Waals surface area (Å²) >= 11 is 5.64. The number of halogens is 1. The molecular weight excluding hydrogens is 262 g/mol. The third-order valence-electron chi connectivity index (χ3n) is 2.09. The van der Waals surface area contributed by atoms with Crippen molar-refractivity contribution >= 4 is 28.9 Å². The van der Waals surface area contributed by atoms with Crippen molar-refractivity contribution < 1.29 is 14.5 Å². The lowest BCUT2D eigenvalue weighted by Crippen LogP contribution is -2.39. The maximum Gasteiger partial charge on any atom is 0.289 e. The Morgan fingerprint density at radius 1 is 1.67 bits per heavy atom. The van der Waals surface area contributed by atoms with Gasteiger partial charge < -0.3 is 15.8 Å². The summed E-state index contributed by atoms with van der Waals surface area (Å²) in [7, 11) is 1.42. The first-order valence-corrected chi connectivity index (χ1v) is 5.33. The van der Waals surface area contributed by atoms with Crippen LogP contribution in [0.15, 0.2) is 18.2 Å². The Kier molecular flexibility index (Phi) is 5.02. The molecule has 0 radical (unpaired) electrons. The van der Waals surface area contributed by atoms with Gasteiger partial charge in [-0.2, -0.15) is 0 Å². The molecule has 0 aromatic heterocycles. The Labute approximate surface area is 108 Å². The van der Waals surface area contributed by atoms with E-state index in [1.54, 1.807) is 0 Å². The molecule has 0 aliphatic rings. The third-order valence-corrected chi connectivity index (χ3v) is 2.41. The maximum atomic E-state index is 11.5. The Morgan fingerprint density at radius 2 is 2.33 bits per heavy atom. The summed E-state index contributed by atoms with van der Waals surface area (Å²) in [5.41, 5.74) is 5.48. The molecule has 18 heavy (non-hydrogen) atoms. The lowest BCUT2D eigenvalue weighted by Gasteiger charge is -2.11. The van der Waals surface area contributed by atoms with Gasteiger partial charge in [-0.25, -0.2) is 0 Å². The van der Waals surface area contributed by atoms with E-state index in [-0.39, 0.29) is 23.0 Å². The molecule has 3 N–H and O–H groups in total. The maximum absolute atomic E-state index is 11.5. The van der Waals surface area contributed by atoms with Crippen molar-refractivity contribution in [1.82, 2.24) is 0 Å². The van der Waals surface area contributed by atoms with Crippen LogP contribution < -0.4 is 11.1 Å². The van der Waals surface area contributed by atoms with Crippen LogP contribution >= 0.6 is 11.6 Å². The molecular formula is C10H12ClN3O4. The molecule has 1 amide bonds. The van der Waals surface area contributed by atoms with Gasteiger partial charge in [-0.3, -0.25) is 14.9 Å². The van der Waals surface area contributed by atoms with E-state index >= 15 is 0 Å². The van der Waals surface area contributed by atoms with Gasteiger partial charge in [0.05, 0.1) is 11.5 Å². The number of anilines is 1. The molecule has 0 bridgehead atoms. The van der Waals surface area contributed by atoms with Gasteiger partial charge in [-0.15, -0.1) is 0 Å². The van der Waals surface area contributed by atoms with Gasteiger partial charge >= 0.3 is 0 Å². The molecule has 1 aromatic carbocycles. The smallest absolute Gasteiger partial charge is 0.289 e. The second-order valence-corrected chi connectivity index (χ2v) is 3.88. The van der Waals surface area contributed by atoms with Crippen LogP contribution in [0.2, 0.25) is 5.02 Å². The van der Waals surface area contributed by atoms with Crippen molar-refractivity contribution in [3.05, 3.63) is 33.3 Å². The molecule has 0 heterocycles. The SMILES string of the molecule is COCC(N)C(=O)Nc1ccc(Cl)c([N+](=O)[O-])c1. The van der Waals surface area contributed by atoms with E-state index in [4.69, 9.17) is 22.1 Å². The van der Waals surface area contributed by atoms with Crippen LogP contribution in [0.1, 0.15) is 0 Å². The molecule has 1 rings (SSSR count). The third kappa shape index (κ3) is 3.66. The number of nitrogens with one attached hydrogen (secondary N) is 1. The summed E-state index contributed by atoms with van der Waals surface area (Å²) < 4.78 is 4.73. The predicted molar refractivity (Wildman–Crippen MR) is 66.6 cm³/mol. The van der Waals surface area contributed by atoms with Crippen LogP contribution in [0.5, 0.6) is 0 Å². The number of nitro groups is 1. The van der Waals surface area contributed by atoms with E-state index in [0.29, 0.717) is 0 Å². The highest BCUT2D eigenvalue weighted by Gasteiger charge is 2.16. The fourth-order valence-corrected chi connectivity index (χ4v) is 1.41. The van der Waals surface area contributed by atoms with Crippen LogP contribution in [0.3, 0.4) is 0 Å². The molecule has 98 valence electrons. The van der Waals surface area contributed by atoms with Crippen molar-refractivity contribution in [3.63, 3.8) is 0 Å². The van der Waals surface area contributed by atoms with E-state index in [2.05, 4.69) is 5.32 Å². The quantitative estimate of drug-likeness (QED) is 0.618. The summed E-state index contributed by atoms with van der Waals surface area (Å²) in [6, 6.07) is 3.11. The number of hydrogen-bond donors (Lipinski definition) is 2. The van der Waals surface area contributed by atoms with Crippen molar-refractivity contribution in [1.29, 1.82) is 0 Å². The van der Waals surface area contributed by atoms with Crippen LogP contribution in [0.25, 0.3) is 0 Å².